The van der Waals surface area contributed by atoms with Gasteiger partial charge in [0.1, 0.15) is 16.8 Å². The van der Waals surface area contributed by atoms with Crippen LogP contribution in [0, 0.1) is 5.82 Å². The lowest BCUT2D eigenvalue weighted by Crippen LogP contribution is -2.42. The molecule has 0 atom stereocenters. The lowest BCUT2D eigenvalue weighted by molar-refractivity contribution is 0.140. The summed E-state index contributed by atoms with van der Waals surface area (Å²) < 4.78 is 38.7. The number of nitrogens with one attached hydrogen (secondary N) is 1. The van der Waals surface area contributed by atoms with Gasteiger partial charge in [-0.15, -0.1) is 0 Å². The third kappa shape index (κ3) is 4.94. The molecule has 1 heterocycles. The Hall–Kier alpha value is -2.15. The average Bonchev–Trinajstić information content (AvgIpc) is 2.53. The van der Waals surface area contributed by atoms with Gasteiger partial charge in [0.25, 0.3) is 6.43 Å². The number of hydrogen-bond donors (Lipinski definition) is 1. The summed E-state index contributed by atoms with van der Waals surface area (Å²) in [6, 6.07) is 5.96. The molecule has 140 valence electrons. The molecule has 0 amide bonds. The van der Waals surface area contributed by atoms with Gasteiger partial charge in [-0.25, -0.2) is 23.1 Å². The molecule has 0 radical (unpaired) electrons. The van der Waals surface area contributed by atoms with Gasteiger partial charge in [-0.3, -0.25) is 4.99 Å². The smallest absolute Gasteiger partial charge is 0.297 e. The topological polar surface area (TPSA) is 50.2 Å². The van der Waals surface area contributed by atoms with Gasteiger partial charge in [0.15, 0.2) is 5.82 Å². The Morgan fingerprint density at radius 2 is 1.81 bits per heavy atom. The first-order valence-electron chi connectivity index (χ1n) is 8.03. The number of nitrogens with zero attached hydrogens (tertiary/aromatic N) is 3. The second-order valence-corrected chi connectivity index (χ2v) is 6.92. The van der Waals surface area contributed by atoms with Gasteiger partial charge in [-0.1, -0.05) is 23.7 Å². The number of rotatable bonds is 5. The summed E-state index contributed by atoms with van der Waals surface area (Å²) >= 11 is 6.09. The highest BCUT2D eigenvalue weighted by Crippen LogP contribution is 2.24. The number of amidine groups is 1. The third-order valence-electron chi connectivity index (χ3n) is 3.60. The maximum Gasteiger partial charge on any atom is 0.297 e. The first-order chi connectivity index (χ1) is 12.1. The molecule has 26 heavy (non-hydrogen) atoms. The fourth-order valence-electron chi connectivity index (χ4n) is 2.30. The van der Waals surface area contributed by atoms with Crippen molar-refractivity contribution >= 4 is 17.4 Å². The third-order valence-corrected chi connectivity index (χ3v) is 3.88. The zero-order valence-corrected chi connectivity index (χ0v) is 15.7. The van der Waals surface area contributed by atoms with Crippen LogP contribution in [0.4, 0.5) is 13.2 Å². The minimum Gasteiger partial charge on any atom is -0.361 e. The van der Waals surface area contributed by atoms with Gasteiger partial charge in [-0.2, -0.15) is 0 Å². The molecule has 0 saturated carbocycles. The van der Waals surface area contributed by atoms with Crippen molar-refractivity contribution in [3.05, 3.63) is 58.4 Å². The van der Waals surface area contributed by atoms with E-state index in [1.54, 1.807) is 12.1 Å². The number of alkyl halides is 2. The Kier molecular flexibility index (Phi) is 6.23. The van der Waals surface area contributed by atoms with E-state index in [0.29, 0.717) is 11.4 Å². The molecule has 0 aliphatic heterocycles. The summed E-state index contributed by atoms with van der Waals surface area (Å²) in [4.78, 5) is 11.8. The van der Waals surface area contributed by atoms with E-state index in [1.807, 2.05) is 27.7 Å². The number of halogens is 4. The summed E-state index contributed by atoms with van der Waals surface area (Å²) in [6.45, 7) is 7.51. The molecule has 1 aromatic heterocycles. The zero-order chi connectivity index (χ0) is 19.5. The minimum absolute atomic E-state index is 0.0904. The van der Waals surface area contributed by atoms with Crippen LogP contribution in [0.2, 0.25) is 5.15 Å². The second kappa shape index (κ2) is 8.03. The maximum absolute atomic E-state index is 13.2. The number of aromatic nitrogens is 2. The van der Waals surface area contributed by atoms with E-state index < -0.39 is 17.8 Å². The first kappa shape index (κ1) is 20.2. The molecular formula is C18H20ClF3N4. The predicted octanol–water partition coefficient (Wildman–Crippen LogP) is 4.89. The van der Waals surface area contributed by atoms with Crippen LogP contribution in [-0.2, 0) is 5.54 Å². The van der Waals surface area contributed by atoms with Gasteiger partial charge >= 0.3 is 0 Å². The minimum atomic E-state index is -2.81. The van der Waals surface area contributed by atoms with Crippen LogP contribution >= 0.6 is 11.6 Å². The standard InChI is InChI=1S/C18H20ClF3N4/c1-10(2)24-16(13-9-23-17(15(21)22)25-14(13)19)26-18(3,4)11-5-7-12(20)8-6-11/h5-10,15H,1-4H3,(H,24,26). The van der Waals surface area contributed by atoms with Crippen LogP contribution in [0.25, 0.3) is 0 Å². The lowest BCUT2D eigenvalue weighted by atomic mass is 9.94. The molecule has 2 rings (SSSR count). The average molecular weight is 385 g/mol. The van der Waals surface area contributed by atoms with Crippen molar-refractivity contribution in [1.29, 1.82) is 0 Å². The lowest BCUT2D eigenvalue weighted by Gasteiger charge is -2.29. The fourth-order valence-corrected chi connectivity index (χ4v) is 2.52. The van der Waals surface area contributed by atoms with E-state index in [-0.39, 0.29) is 17.0 Å². The van der Waals surface area contributed by atoms with Crippen LogP contribution in [0.3, 0.4) is 0 Å². The largest absolute Gasteiger partial charge is 0.361 e. The summed E-state index contributed by atoms with van der Waals surface area (Å²) in [7, 11) is 0. The zero-order valence-electron chi connectivity index (χ0n) is 14.9. The molecule has 0 unspecified atom stereocenters. The van der Waals surface area contributed by atoms with Gasteiger partial charge in [0.05, 0.1) is 11.1 Å². The van der Waals surface area contributed by atoms with Gasteiger partial charge in [0, 0.05) is 12.2 Å². The Morgan fingerprint density at radius 3 is 2.31 bits per heavy atom. The van der Waals surface area contributed by atoms with E-state index in [0.717, 1.165) is 5.56 Å². The first-order valence-corrected chi connectivity index (χ1v) is 8.41. The highest BCUT2D eigenvalue weighted by Gasteiger charge is 2.25. The monoisotopic (exact) mass is 384 g/mol. The van der Waals surface area contributed by atoms with Crippen molar-refractivity contribution in [3.63, 3.8) is 0 Å². The highest BCUT2D eigenvalue weighted by molar-refractivity contribution is 6.32. The van der Waals surface area contributed by atoms with Crippen LogP contribution in [0.5, 0.6) is 0 Å². The molecule has 0 bridgehead atoms. The Morgan fingerprint density at radius 1 is 1.19 bits per heavy atom. The SMILES string of the molecule is CC(C)N=C(NC(C)(C)c1ccc(F)cc1)c1cnc(C(F)F)nc1Cl. The molecule has 0 saturated heterocycles. The molecule has 0 spiro atoms. The van der Waals surface area contributed by atoms with Crippen LogP contribution in [0.1, 0.15) is 51.1 Å². The summed E-state index contributed by atoms with van der Waals surface area (Å²) in [5, 5.41) is 3.13. The summed E-state index contributed by atoms with van der Waals surface area (Å²) in [5.41, 5.74) is 0.503. The van der Waals surface area contributed by atoms with Crippen molar-refractivity contribution in [2.45, 2.75) is 45.7 Å². The predicted molar refractivity (Wildman–Crippen MR) is 96.2 cm³/mol. The van der Waals surface area contributed by atoms with E-state index in [1.165, 1.54) is 18.3 Å². The van der Waals surface area contributed by atoms with E-state index in [4.69, 9.17) is 11.6 Å². The normalized spacial score (nSPS) is 12.8. The molecule has 8 heteroatoms. The van der Waals surface area contributed by atoms with E-state index in [9.17, 15) is 13.2 Å². The molecule has 0 aliphatic rings. The number of benzene rings is 1. The van der Waals surface area contributed by atoms with Crippen molar-refractivity contribution < 1.29 is 13.2 Å². The molecule has 1 N–H and O–H groups in total. The van der Waals surface area contributed by atoms with Crippen molar-refractivity contribution in [3.8, 4) is 0 Å². The van der Waals surface area contributed by atoms with E-state index >= 15 is 0 Å². The summed E-state index contributed by atoms with van der Waals surface area (Å²) in [5.74, 6) is -0.597. The van der Waals surface area contributed by atoms with Crippen molar-refractivity contribution in [1.82, 2.24) is 15.3 Å². The molecule has 0 fully saturated rings. The van der Waals surface area contributed by atoms with Crippen LogP contribution in [-0.4, -0.2) is 21.8 Å². The second-order valence-electron chi connectivity index (χ2n) is 6.56. The van der Waals surface area contributed by atoms with Crippen molar-refractivity contribution in [2.75, 3.05) is 0 Å². The number of hydrogen-bond acceptors (Lipinski definition) is 3. The van der Waals surface area contributed by atoms with Gasteiger partial charge < -0.3 is 5.32 Å². The molecule has 2 aromatic rings. The molecule has 0 aliphatic carbocycles. The fraction of sp³-hybridized carbons (Fsp3) is 0.389. The quantitative estimate of drug-likeness (QED) is 0.453. The van der Waals surface area contributed by atoms with Gasteiger partial charge in [-0.05, 0) is 45.4 Å². The van der Waals surface area contributed by atoms with Crippen molar-refractivity contribution in [2.24, 2.45) is 4.99 Å². The van der Waals surface area contributed by atoms with Gasteiger partial charge in [0.2, 0.25) is 0 Å². The molecule has 4 nitrogen and oxygen atoms in total. The molecule has 1 aromatic carbocycles. The summed E-state index contributed by atoms with van der Waals surface area (Å²) in [6.07, 6.45) is -1.58. The highest BCUT2D eigenvalue weighted by atomic mass is 35.5. The number of aliphatic imine (C=N–C) groups is 1. The Labute approximate surface area is 155 Å². The Bertz CT molecular complexity index is 790. The van der Waals surface area contributed by atoms with Crippen LogP contribution in [0.15, 0.2) is 35.5 Å². The Balaban J connectivity index is 2.41. The van der Waals surface area contributed by atoms with Crippen LogP contribution < -0.4 is 5.32 Å². The molecular weight excluding hydrogens is 365 g/mol. The maximum atomic E-state index is 13.2. The van der Waals surface area contributed by atoms with E-state index in [2.05, 4.69) is 20.3 Å².